The number of methoxy groups -OCH3 is 2. The molecule has 3 aromatic rings. The Balaban J connectivity index is 1.93. The molecule has 0 saturated heterocycles. The summed E-state index contributed by atoms with van der Waals surface area (Å²) in [5.74, 6) is 1.11. The minimum Gasteiger partial charge on any atom is -0.493 e. The summed E-state index contributed by atoms with van der Waals surface area (Å²) in [4.78, 5) is 0. The number of benzene rings is 2. The van der Waals surface area contributed by atoms with Gasteiger partial charge in [-0.15, -0.1) is 5.10 Å². The van der Waals surface area contributed by atoms with Gasteiger partial charge in [-0.05, 0) is 24.6 Å². The van der Waals surface area contributed by atoms with Crippen molar-refractivity contribution in [2.45, 2.75) is 12.8 Å². The van der Waals surface area contributed by atoms with Crippen LogP contribution in [0, 0.1) is 18.3 Å². The van der Waals surface area contributed by atoms with E-state index in [0.29, 0.717) is 23.0 Å². The van der Waals surface area contributed by atoms with Crippen molar-refractivity contribution in [3.63, 3.8) is 0 Å². The number of nitrogens with zero attached hydrogens (tertiary/aromatic N) is 2. The zero-order chi connectivity index (χ0) is 20.5. The smallest absolute Gasteiger partial charge is 0.244 e. The van der Waals surface area contributed by atoms with Crippen LogP contribution in [0.2, 0.25) is 0 Å². The van der Waals surface area contributed by atoms with E-state index in [1.165, 1.54) is 0 Å². The highest BCUT2D eigenvalue weighted by molar-refractivity contribution is 5.71. The molecule has 0 amide bonds. The van der Waals surface area contributed by atoms with Crippen LogP contribution in [-0.2, 0) is 0 Å². The molecule has 146 valence electrons. The van der Waals surface area contributed by atoms with E-state index in [0.717, 1.165) is 27.9 Å². The molecule has 1 atom stereocenters. The van der Waals surface area contributed by atoms with Crippen LogP contribution in [0.3, 0.4) is 0 Å². The van der Waals surface area contributed by atoms with E-state index in [2.05, 4.69) is 16.3 Å². The second kappa shape index (κ2) is 7.24. The number of hydrogen-bond donors (Lipinski definition) is 2. The number of aromatic amines is 1. The summed E-state index contributed by atoms with van der Waals surface area (Å²) >= 11 is 0. The maximum atomic E-state index is 9.83. The van der Waals surface area contributed by atoms with Crippen molar-refractivity contribution < 1.29 is 14.2 Å². The van der Waals surface area contributed by atoms with Gasteiger partial charge in [-0.25, -0.2) is 0 Å². The van der Waals surface area contributed by atoms with Gasteiger partial charge in [0.1, 0.15) is 11.6 Å². The molecular weight excluding hydrogens is 368 g/mol. The van der Waals surface area contributed by atoms with Crippen LogP contribution in [0.1, 0.15) is 22.6 Å². The highest BCUT2D eigenvalue weighted by Gasteiger charge is 2.36. The zero-order valence-electron chi connectivity index (χ0n) is 16.3. The van der Waals surface area contributed by atoms with Gasteiger partial charge in [-0.2, -0.15) is 5.26 Å². The van der Waals surface area contributed by atoms with Crippen LogP contribution < -0.4 is 19.9 Å². The average Bonchev–Trinajstić information content (AvgIpc) is 3.16. The number of ether oxygens (including phenoxy) is 3. The van der Waals surface area contributed by atoms with Crippen molar-refractivity contribution in [2.24, 2.45) is 5.73 Å². The molecule has 2 heterocycles. The van der Waals surface area contributed by atoms with Gasteiger partial charge in [-0.1, -0.05) is 35.9 Å². The minimum atomic E-state index is -0.460. The van der Waals surface area contributed by atoms with Crippen LogP contribution >= 0.6 is 0 Å². The molecule has 0 saturated carbocycles. The number of allylic oxidation sites excluding steroid dienone is 1. The first-order valence-corrected chi connectivity index (χ1v) is 9.02. The lowest BCUT2D eigenvalue weighted by Crippen LogP contribution is -2.21. The van der Waals surface area contributed by atoms with Crippen molar-refractivity contribution in [1.82, 2.24) is 10.2 Å². The second-order valence-electron chi connectivity index (χ2n) is 6.72. The number of fused-ring (bicyclic) bond motifs is 1. The van der Waals surface area contributed by atoms with E-state index >= 15 is 0 Å². The first-order chi connectivity index (χ1) is 14.1. The molecule has 1 aromatic heterocycles. The average molecular weight is 388 g/mol. The van der Waals surface area contributed by atoms with E-state index in [4.69, 9.17) is 19.9 Å². The Hall–Kier alpha value is -3.92. The van der Waals surface area contributed by atoms with E-state index < -0.39 is 5.92 Å². The van der Waals surface area contributed by atoms with Gasteiger partial charge in [-0.3, -0.25) is 5.10 Å². The third-order valence-corrected chi connectivity index (χ3v) is 5.02. The molecule has 0 unspecified atom stereocenters. The molecule has 4 rings (SSSR count). The van der Waals surface area contributed by atoms with Gasteiger partial charge in [0.2, 0.25) is 11.8 Å². The maximum Gasteiger partial charge on any atom is 0.244 e. The van der Waals surface area contributed by atoms with E-state index in [9.17, 15) is 5.26 Å². The molecule has 2 aromatic carbocycles. The summed E-state index contributed by atoms with van der Waals surface area (Å²) in [5.41, 5.74) is 10.8. The predicted octanol–water partition coefficient (Wildman–Crippen LogP) is 3.62. The summed E-state index contributed by atoms with van der Waals surface area (Å²) in [6, 6.07) is 15.8. The molecular formula is C22H20N4O3. The van der Waals surface area contributed by atoms with Gasteiger partial charge in [0.25, 0.3) is 0 Å². The van der Waals surface area contributed by atoms with Crippen LogP contribution in [-0.4, -0.2) is 24.4 Å². The Morgan fingerprint density at radius 2 is 1.83 bits per heavy atom. The molecule has 0 radical (unpaired) electrons. The fourth-order valence-electron chi connectivity index (χ4n) is 3.55. The van der Waals surface area contributed by atoms with Crippen LogP contribution in [0.5, 0.6) is 17.4 Å². The number of nitriles is 1. The van der Waals surface area contributed by atoms with E-state index in [-0.39, 0.29) is 5.88 Å². The monoisotopic (exact) mass is 388 g/mol. The largest absolute Gasteiger partial charge is 0.493 e. The number of aryl methyl sites for hydroxylation is 1. The molecule has 7 nitrogen and oxygen atoms in total. The van der Waals surface area contributed by atoms with Crippen molar-refractivity contribution in [2.75, 3.05) is 14.2 Å². The van der Waals surface area contributed by atoms with Crippen LogP contribution in [0.4, 0.5) is 0 Å². The highest BCUT2D eigenvalue weighted by Crippen LogP contribution is 2.46. The Bertz CT molecular complexity index is 1140. The van der Waals surface area contributed by atoms with Crippen molar-refractivity contribution in [1.29, 1.82) is 5.26 Å². The fraction of sp³-hybridized carbons (Fsp3) is 0.182. The maximum absolute atomic E-state index is 9.83. The topological polar surface area (TPSA) is 106 Å². The predicted molar refractivity (Wildman–Crippen MR) is 108 cm³/mol. The van der Waals surface area contributed by atoms with E-state index in [1.807, 2.05) is 43.3 Å². The Labute approximate surface area is 168 Å². The highest BCUT2D eigenvalue weighted by atomic mass is 16.5. The number of rotatable bonds is 4. The lowest BCUT2D eigenvalue weighted by Gasteiger charge is -2.24. The summed E-state index contributed by atoms with van der Waals surface area (Å²) in [7, 11) is 3.15. The fourth-order valence-corrected chi connectivity index (χ4v) is 3.55. The number of H-pyrrole nitrogens is 1. The molecule has 0 spiro atoms. The molecule has 0 aliphatic carbocycles. The van der Waals surface area contributed by atoms with Crippen LogP contribution in [0.25, 0.3) is 11.3 Å². The van der Waals surface area contributed by atoms with Gasteiger partial charge >= 0.3 is 0 Å². The van der Waals surface area contributed by atoms with Crippen molar-refractivity contribution in [3.05, 3.63) is 70.6 Å². The third kappa shape index (κ3) is 3.05. The molecule has 0 bridgehead atoms. The number of hydrogen-bond acceptors (Lipinski definition) is 6. The summed E-state index contributed by atoms with van der Waals surface area (Å²) < 4.78 is 16.4. The molecule has 0 fully saturated rings. The van der Waals surface area contributed by atoms with E-state index in [1.54, 1.807) is 20.3 Å². The number of nitrogens with one attached hydrogen (secondary N) is 1. The summed E-state index contributed by atoms with van der Waals surface area (Å²) in [5, 5.41) is 17.2. The number of aromatic nitrogens is 2. The third-order valence-electron chi connectivity index (χ3n) is 5.02. The number of nitrogens with two attached hydrogens (primary N) is 1. The van der Waals surface area contributed by atoms with Crippen molar-refractivity contribution in [3.8, 4) is 34.7 Å². The Morgan fingerprint density at radius 3 is 2.48 bits per heavy atom. The molecule has 1 aliphatic rings. The Morgan fingerprint density at radius 1 is 1.10 bits per heavy atom. The standard InChI is InChI=1S/C22H20N4O3/c1-12-4-6-13(7-5-12)20-19-18(14-8-9-16(27-2)17(10-14)28-3)15(11-23)21(24)29-22(19)26-25-20/h4-10,18H,24H2,1-3H3,(H,25,26)/t18-/m1/s1. The summed E-state index contributed by atoms with van der Waals surface area (Å²) in [6.07, 6.45) is 0. The van der Waals surface area contributed by atoms with Gasteiger partial charge < -0.3 is 19.9 Å². The molecule has 3 N–H and O–H groups in total. The molecule has 7 heteroatoms. The minimum absolute atomic E-state index is 0.0433. The Kier molecular flexibility index (Phi) is 4.61. The van der Waals surface area contributed by atoms with Gasteiger partial charge in [0, 0.05) is 5.56 Å². The normalized spacial score (nSPS) is 15.3. The SMILES string of the molecule is COc1ccc([C@@H]2C(C#N)=C(N)Oc3n[nH]c(-c4ccc(C)cc4)c32)cc1OC. The van der Waals surface area contributed by atoms with Crippen molar-refractivity contribution >= 4 is 0 Å². The molecule has 29 heavy (non-hydrogen) atoms. The molecule has 1 aliphatic heterocycles. The first-order valence-electron chi connectivity index (χ1n) is 9.02. The van der Waals surface area contributed by atoms with Gasteiger partial charge in [0.15, 0.2) is 11.5 Å². The first kappa shape index (κ1) is 18.4. The van der Waals surface area contributed by atoms with Crippen LogP contribution in [0.15, 0.2) is 53.9 Å². The second-order valence-corrected chi connectivity index (χ2v) is 6.72. The van der Waals surface area contributed by atoms with Gasteiger partial charge in [0.05, 0.1) is 31.4 Å². The zero-order valence-corrected chi connectivity index (χ0v) is 16.3. The quantitative estimate of drug-likeness (QED) is 0.707. The lowest BCUT2D eigenvalue weighted by atomic mass is 9.83. The lowest BCUT2D eigenvalue weighted by molar-refractivity contribution is 0.354. The summed E-state index contributed by atoms with van der Waals surface area (Å²) in [6.45, 7) is 2.03.